The molecule has 0 fully saturated rings. The molecule has 2 aromatic rings. The summed E-state index contributed by atoms with van der Waals surface area (Å²) in [5.41, 5.74) is 2.07. The molecule has 80 valence electrons. The van der Waals surface area contributed by atoms with Gasteiger partial charge in [0.2, 0.25) is 0 Å². The fourth-order valence-corrected chi connectivity index (χ4v) is 1.48. The van der Waals surface area contributed by atoms with Crippen LogP contribution in [-0.2, 0) is 6.67 Å². The van der Waals surface area contributed by atoms with Crippen molar-refractivity contribution in [1.82, 2.24) is 14.5 Å². The van der Waals surface area contributed by atoms with E-state index in [9.17, 15) is 5.11 Å². The van der Waals surface area contributed by atoms with Crippen LogP contribution in [0.3, 0.4) is 0 Å². The Hall–Kier alpha value is -1.39. The maximum atomic E-state index is 9.38. The SMILES string of the molecule is CC(O)N(C)Cn1cnc2ccccc21. The van der Waals surface area contributed by atoms with Crippen LogP contribution in [0.25, 0.3) is 11.0 Å². The first-order valence-corrected chi connectivity index (χ1v) is 4.96. The molecule has 4 nitrogen and oxygen atoms in total. The van der Waals surface area contributed by atoms with Gasteiger partial charge in [-0.05, 0) is 26.1 Å². The van der Waals surface area contributed by atoms with E-state index in [1.54, 1.807) is 13.3 Å². The van der Waals surface area contributed by atoms with Crippen LogP contribution >= 0.6 is 0 Å². The quantitative estimate of drug-likeness (QED) is 0.767. The molecule has 0 saturated carbocycles. The molecule has 0 amide bonds. The number of aliphatic hydroxyl groups excluding tert-OH is 1. The number of hydrogen-bond donors (Lipinski definition) is 1. The molecule has 0 aliphatic heterocycles. The molecule has 2 rings (SSSR count). The van der Waals surface area contributed by atoms with Crippen LogP contribution < -0.4 is 0 Å². The maximum absolute atomic E-state index is 9.38. The predicted octanol–water partition coefficient (Wildman–Crippen LogP) is 1.26. The topological polar surface area (TPSA) is 41.3 Å². The first-order chi connectivity index (χ1) is 7.18. The molecule has 1 N–H and O–H groups in total. The van der Waals surface area contributed by atoms with E-state index in [2.05, 4.69) is 4.98 Å². The summed E-state index contributed by atoms with van der Waals surface area (Å²) in [6.07, 6.45) is 1.34. The molecule has 0 saturated heterocycles. The van der Waals surface area contributed by atoms with Crippen LogP contribution in [0.15, 0.2) is 30.6 Å². The number of benzene rings is 1. The van der Waals surface area contributed by atoms with Crippen molar-refractivity contribution in [2.24, 2.45) is 0 Å². The van der Waals surface area contributed by atoms with Crippen molar-refractivity contribution in [2.75, 3.05) is 7.05 Å². The summed E-state index contributed by atoms with van der Waals surface area (Å²) in [5.74, 6) is 0. The molecule has 0 aliphatic rings. The first kappa shape index (κ1) is 10.1. The van der Waals surface area contributed by atoms with Gasteiger partial charge < -0.3 is 9.67 Å². The number of aliphatic hydroxyl groups is 1. The van der Waals surface area contributed by atoms with Gasteiger partial charge in [0.05, 0.1) is 24.0 Å². The van der Waals surface area contributed by atoms with E-state index < -0.39 is 6.23 Å². The summed E-state index contributed by atoms with van der Waals surface area (Å²) in [5, 5.41) is 9.38. The number of fused-ring (bicyclic) bond motifs is 1. The van der Waals surface area contributed by atoms with Gasteiger partial charge in [0.15, 0.2) is 0 Å². The normalized spacial score (nSPS) is 13.6. The van der Waals surface area contributed by atoms with Gasteiger partial charge in [-0.3, -0.25) is 4.90 Å². The lowest BCUT2D eigenvalue weighted by Crippen LogP contribution is -2.30. The number of aromatic nitrogens is 2. The Bertz CT molecular complexity index is 450. The minimum Gasteiger partial charge on any atom is -0.379 e. The average Bonchev–Trinajstić information content (AvgIpc) is 2.62. The number of hydrogen-bond acceptors (Lipinski definition) is 3. The van der Waals surface area contributed by atoms with Gasteiger partial charge in [-0.25, -0.2) is 4.98 Å². The summed E-state index contributed by atoms with van der Waals surface area (Å²) in [4.78, 5) is 6.13. The summed E-state index contributed by atoms with van der Waals surface area (Å²) in [7, 11) is 1.87. The lowest BCUT2D eigenvalue weighted by atomic mass is 10.3. The molecule has 0 spiro atoms. The van der Waals surface area contributed by atoms with E-state index in [0.717, 1.165) is 11.0 Å². The standard InChI is InChI=1S/C11H15N3O/c1-9(15)13(2)8-14-7-12-10-5-3-4-6-11(10)14/h3-7,9,15H,8H2,1-2H3. The van der Waals surface area contributed by atoms with Crippen LogP contribution in [0.2, 0.25) is 0 Å². The highest BCUT2D eigenvalue weighted by Gasteiger charge is 2.07. The monoisotopic (exact) mass is 205 g/mol. The highest BCUT2D eigenvalue weighted by atomic mass is 16.3. The number of imidazole rings is 1. The van der Waals surface area contributed by atoms with E-state index in [1.807, 2.05) is 40.8 Å². The molecule has 1 aromatic carbocycles. The molecule has 1 heterocycles. The second-order valence-corrected chi connectivity index (χ2v) is 3.73. The summed E-state index contributed by atoms with van der Waals surface area (Å²) in [6, 6.07) is 7.97. The highest BCUT2D eigenvalue weighted by Crippen LogP contribution is 2.12. The number of para-hydroxylation sites is 2. The maximum Gasteiger partial charge on any atom is 0.105 e. The molecule has 0 radical (unpaired) electrons. The molecule has 1 atom stereocenters. The zero-order valence-corrected chi connectivity index (χ0v) is 8.96. The van der Waals surface area contributed by atoms with Gasteiger partial charge in [-0.2, -0.15) is 0 Å². The van der Waals surface area contributed by atoms with Gasteiger partial charge in [0, 0.05) is 0 Å². The van der Waals surface area contributed by atoms with Crippen LogP contribution in [-0.4, -0.2) is 32.8 Å². The third-order valence-electron chi connectivity index (χ3n) is 2.54. The van der Waals surface area contributed by atoms with Crippen LogP contribution in [0, 0.1) is 0 Å². The van der Waals surface area contributed by atoms with Gasteiger partial charge in [0.25, 0.3) is 0 Å². The third-order valence-corrected chi connectivity index (χ3v) is 2.54. The fraction of sp³-hybridized carbons (Fsp3) is 0.364. The second-order valence-electron chi connectivity index (χ2n) is 3.73. The van der Waals surface area contributed by atoms with Crippen molar-refractivity contribution >= 4 is 11.0 Å². The summed E-state index contributed by atoms with van der Waals surface area (Å²) < 4.78 is 2.02. The molecule has 4 heteroatoms. The van der Waals surface area contributed by atoms with E-state index in [0.29, 0.717) is 6.67 Å². The van der Waals surface area contributed by atoms with E-state index in [-0.39, 0.29) is 0 Å². The minimum absolute atomic E-state index is 0.453. The minimum atomic E-state index is -0.453. The van der Waals surface area contributed by atoms with Crippen LogP contribution in [0.4, 0.5) is 0 Å². The van der Waals surface area contributed by atoms with Crippen LogP contribution in [0.5, 0.6) is 0 Å². The van der Waals surface area contributed by atoms with Crippen molar-refractivity contribution < 1.29 is 5.11 Å². The van der Waals surface area contributed by atoms with E-state index in [4.69, 9.17) is 0 Å². The Kier molecular flexibility index (Phi) is 2.70. The highest BCUT2D eigenvalue weighted by molar-refractivity contribution is 5.74. The zero-order valence-electron chi connectivity index (χ0n) is 8.96. The molecular weight excluding hydrogens is 190 g/mol. The van der Waals surface area contributed by atoms with Crippen LogP contribution in [0.1, 0.15) is 6.92 Å². The fourth-order valence-electron chi connectivity index (χ4n) is 1.48. The van der Waals surface area contributed by atoms with Gasteiger partial charge in [0.1, 0.15) is 6.23 Å². The Morgan fingerprint density at radius 3 is 2.93 bits per heavy atom. The summed E-state index contributed by atoms with van der Waals surface area (Å²) in [6.45, 7) is 2.39. The third kappa shape index (κ3) is 2.00. The Morgan fingerprint density at radius 2 is 2.20 bits per heavy atom. The average molecular weight is 205 g/mol. The molecule has 15 heavy (non-hydrogen) atoms. The lowest BCUT2D eigenvalue weighted by molar-refractivity contribution is 0.0185. The number of nitrogens with zero attached hydrogens (tertiary/aromatic N) is 3. The number of rotatable bonds is 3. The van der Waals surface area contributed by atoms with Gasteiger partial charge in [-0.15, -0.1) is 0 Å². The van der Waals surface area contributed by atoms with Gasteiger partial charge in [-0.1, -0.05) is 12.1 Å². The zero-order chi connectivity index (χ0) is 10.8. The molecule has 1 aromatic heterocycles. The molecule has 0 aliphatic carbocycles. The van der Waals surface area contributed by atoms with Crippen molar-refractivity contribution in [3.63, 3.8) is 0 Å². The molecule has 0 bridgehead atoms. The molecule has 1 unspecified atom stereocenters. The summed E-state index contributed by atoms with van der Waals surface area (Å²) >= 11 is 0. The van der Waals surface area contributed by atoms with E-state index in [1.165, 1.54) is 0 Å². The predicted molar refractivity (Wildman–Crippen MR) is 59.2 cm³/mol. The Morgan fingerprint density at radius 1 is 1.47 bits per heavy atom. The molecular formula is C11H15N3O. The smallest absolute Gasteiger partial charge is 0.105 e. The van der Waals surface area contributed by atoms with Crippen molar-refractivity contribution in [3.8, 4) is 0 Å². The lowest BCUT2D eigenvalue weighted by Gasteiger charge is -2.20. The Balaban J connectivity index is 2.29. The van der Waals surface area contributed by atoms with Crippen molar-refractivity contribution in [2.45, 2.75) is 19.8 Å². The first-order valence-electron chi connectivity index (χ1n) is 4.96. The second kappa shape index (κ2) is 4.00. The van der Waals surface area contributed by atoms with Gasteiger partial charge >= 0.3 is 0 Å². The Labute approximate surface area is 88.8 Å². The van der Waals surface area contributed by atoms with E-state index >= 15 is 0 Å². The van der Waals surface area contributed by atoms with Crippen molar-refractivity contribution in [3.05, 3.63) is 30.6 Å². The van der Waals surface area contributed by atoms with Crippen molar-refractivity contribution in [1.29, 1.82) is 0 Å². The largest absolute Gasteiger partial charge is 0.379 e.